The number of nitrogens with one attached hydrogen (secondary N) is 1. The minimum Gasteiger partial charge on any atom is -0.490 e. The van der Waals surface area contributed by atoms with E-state index in [1.54, 1.807) is 24.5 Å². The van der Waals surface area contributed by atoms with E-state index in [1.807, 2.05) is 45.0 Å². The number of carbonyl (C=O) groups is 1. The zero-order chi connectivity index (χ0) is 21.3. The van der Waals surface area contributed by atoms with Crippen molar-refractivity contribution in [2.45, 2.75) is 33.6 Å². The lowest BCUT2D eigenvalue weighted by Gasteiger charge is -2.13. The SMILES string of the molecule is CCCOc1ccc(C(=O)NCCc2coc(-c3ccc(C)cc3)n2)cc1OCC. The molecule has 0 spiro atoms. The Morgan fingerprint density at radius 2 is 1.87 bits per heavy atom. The molecule has 0 aliphatic rings. The molecule has 158 valence electrons. The standard InChI is InChI=1S/C24H28N2O4/c1-4-14-29-21-11-10-19(15-22(21)28-5-2)23(27)25-13-12-20-16-30-24(26-20)18-8-6-17(3)7-9-18/h6-11,15-16H,4-5,12-14H2,1-3H3,(H,25,27). The molecule has 6 heteroatoms. The van der Waals surface area contributed by atoms with Crippen LogP contribution >= 0.6 is 0 Å². The molecule has 0 bridgehead atoms. The Hall–Kier alpha value is -3.28. The summed E-state index contributed by atoms with van der Waals surface area (Å²) in [5, 5.41) is 2.92. The number of ether oxygens (including phenoxy) is 2. The van der Waals surface area contributed by atoms with Gasteiger partial charge in [-0.1, -0.05) is 24.6 Å². The Morgan fingerprint density at radius 1 is 1.07 bits per heavy atom. The van der Waals surface area contributed by atoms with Crippen molar-refractivity contribution in [1.82, 2.24) is 10.3 Å². The average Bonchev–Trinajstić information content (AvgIpc) is 3.22. The van der Waals surface area contributed by atoms with Gasteiger partial charge in [-0.25, -0.2) is 4.98 Å². The second-order valence-electron chi connectivity index (χ2n) is 6.96. The maximum Gasteiger partial charge on any atom is 0.251 e. The van der Waals surface area contributed by atoms with Crippen molar-refractivity contribution in [2.75, 3.05) is 19.8 Å². The predicted octanol–water partition coefficient (Wildman–Crippen LogP) is 4.81. The maximum absolute atomic E-state index is 12.5. The van der Waals surface area contributed by atoms with E-state index in [4.69, 9.17) is 13.9 Å². The third-order valence-corrected chi connectivity index (χ3v) is 4.48. The number of amides is 1. The molecule has 0 atom stereocenters. The van der Waals surface area contributed by atoms with Crippen molar-refractivity contribution in [1.29, 1.82) is 0 Å². The summed E-state index contributed by atoms with van der Waals surface area (Å²) < 4.78 is 16.9. The van der Waals surface area contributed by atoms with E-state index < -0.39 is 0 Å². The topological polar surface area (TPSA) is 73.6 Å². The van der Waals surface area contributed by atoms with E-state index in [-0.39, 0.29) is 5.91 Å². The second kappa shape index (κ2) is 10.5. The van der Waals surface area contributed by atoms with Crippen LogP contribution in [0.15, 0.2) is 53.1 Å². The molecule has 1 aromatic heterocycles. The second-order valence-corrected chi connectivity index (χ2v) is 6.96. The minimum absolute atomic E-state index is 0.166. The fourth-order valence-electron chi connectivity index (χ4n) is 2.91. The first-order valence-corrected chi connectivity index (χ1v) is 10.3. The number of rotatable bonds is 10. The summed E-state index contributed by atoms with van der Waals surface area (Å²) in [5.41, 5.74) is 3.45. The maximum atomic E-state index is 12.5. The van der Waals surface area contributed by atoms with E-state index >= 15 is 0 Å². The van der Waals surface area contributed by atoms with Crippen molar-refractivity contribution in [3.05, 3.63) is 65.5 Å². The number of oxazole rings is 1. The van der Waals surface area contributed by atoms with Crippen molar-refractivity contribution in [3.8, 4) is 23.0 Å². The Labute approximate surface area is 177 Å². The number of benzene rings is 2. The first-order valence-electron chi connectivity index (χ1n) is 10.3. The monoisotopic (exact) mass is 408 g/mol. The lowest BCUT2D eigenvalue weighted by molar-refractivity contribution is 0.0953. The van der Waals surface area contributed by atoms with Crippen LogP contribution in [0.5, 0.6) is 11.5 Å². The summed E-state index contributed by atoms with van der Waals surface area (Å²) in [7, 11) is 0. The summed E-state index contributed by atoms with van der Waals surface area (Å²) in [4.78, 5) is 17.0. The molecule has 1 amide bonds. The van der Waals surface area contributed by atoms with E-state index in [0.29, 0.717) is 49.1 Å². The van der Waals surface area contributed by atoms with Crippen LogP contribution in [0.2, 0.25) is 0 Å². The lowest BCUT2D eigenvalue weighted by Crippen LogP contribution is -2.25. The summed E-state index contributed by atoms with van der Waals surface area (Å²) in [6.07, 6.45) is 3.12. The van der Waals surface area contributed by atoms with Gasteiger partial charge in [0.25, 0.3) is 5.91 Å². The van der Waals surface area contributed by atoms with Crippen molar-refractivity contribution >= 4 is 5.91 Å². The Balaban J connectivity index is 1.56. The van der Waals surface area contributed by atoms with E-state index in [0.717, 1.165) is 17.7 Å². The first kappa shape index (κ1) is 21.4. The molecule has 0 aliphatic heterocycles. The molecule has 6 nitrogen and oxygen atoms in total. The molecule has 30 heavy (non-hydrogen) atoms. The van der Waals surface area contributed by atoms with Gasteiger partial charge in [0.1, 0.15) is 6.26 Å². The van der Waals surface area contributed by atoms with Gasteiger partial charge in [-0.05, 0) is 50.6 Å². The highest BCUT2D eigenvalue weighted by molar-refractivity contribution is 5.94. The smallest absolute Gasteiger partial charge is 0.251 e. The molecule has 0 aliphatic carbocycles. The highest BCUT2D eigenvalue weighted by atomic mass is 16.5. The summed E-state index contributed by atoms with van der Waals surface area (Å²) in [6.45, 7) is 7.55. The van der Waals surface area contributed by atoms with E-state index in [1.165, 1.54) is 5.56 Å². The highest BCUT2D eigenvalue weighted by Crippen LogP contribution is 2.28. The van der Waals surface area contributed by atoms with Gasteiger partial charge in [0.15, 0.2) is 11.5 Å². The molecule has 0 fully saturated rings. The van der Waals surface area contributed by atoms with E-state index in [2.05, 4.69) is 10.3 Å². The average molecular weight is 408 g/mol. The summed E-state index contributed by atoms with van der Waals surface area (Å²) >= 11 is 0. The van der Waals surface area contributed by atoms with Gasteiger partial charge >= 0.3 is 0 Å². The van der Waals surface area contributed by atoms with Gasteiger partial charge in [-0.15, -0.1) is 0 Å². The first-order chi connectivity index (χ1) is 14.6. The highest BCUT2D eigenvalue weighted by Gasteiger charge is 2.12. The zero-order valence-electron chi connectivity index (χ0n) is 17.7. The Kier molecular flexibility index (Phi) is 7.49. The molecule has 0 radical (unpaired) electrons. The van der Waals surface area contributed by atoms with Gasteiger partial charge in [0, 0.05) is 24.1 Å². The molecule has 2 aromatic carbocycles. The van der Waals surface area contributed by atoms with Gasteiger partial charge in [-0.3, -0.25) is 4.79 Å². The van der Waals surface area contributed by atoms with Crippen molar-refractivity contribution in [2.24, 2.45) is 0 Å². The van der Waals surface area contributed by atoms with Gasteiger partial charge in [0.2, 0.25) is 5.89 Å². The number of carbonyl (C=O) groups excluding carboxylic acids is 1. The molecule has 0 unspecified atom stereocenters. The Bertz CT molecular complexity index is 964. The molecule has 0 saturated carbocycles. The summed E-state index contributed by atoms with van der Waals surface area (Å²) in [6, 6.07) is 13.3. The third kappa shape index (κ3) is 5.63. The number of hydrogen-bond acceptors (Lipinski definition) is 5. The minimum atomic E-state index is -0.166. The number of aromatic nitrogens is 1. The lowest BCUT2D eigenvalue weighted by atomic mass is 10.1. The summed E-state index contributed by atoms with van der Waals surface area (Å²) in [5.74, 6) is 1.65. The van der Waals surface area contributed by atoms with Crippen molar-refractivity contribution in [3.63, 3.8) is 0 Å². The number of hydrogen-bond donors (Lipinski definition) is 1. The Morgan fingerprint density at radius 3 is 2.60 bits per heavy atom. The van der Waals surface area contributed by atoms with Crippen LogP contribution in [-0.4, -0.2) is 30.6 Å². The zero-order valence-corrected chi connectivity index (χ0v) is 17.7. The number of aryl methyl sites for hydroxylation is 1. The van der Waals surface area contributed by atoms with Crippen LogP contribution in [0.1, 0.15) is 41.9 Å². The van der Waals surface area contributed by atoms with Crippen molar-refractivity contribution < 1.29 is 18.7 Å². The predicted molar refractivity (Wildman–Crippen MR) is 116 cm³/mol. The molecular weight excluding hydrogens is 380 g/mol. The van der Waals surface area contributed by atoms with Crippen LogP contribution < -0.4 is 14.8 Å². The molecule has 3 rings (SSSR count). The van der Waals surface area contributed by atoms with E-state index in [9.17, 15) is 4.79 Å². The fourth-order valence-corrected chi connectivity index (χ4v) is 2.91. The van der Waals surface area contributed by atoms with Crippen LogP contribution in [0.3, 0.4) is 0 Å². The molecule has 0 saturated heterocycles. The van der Waals surface area contributed by atoms with Crippen LogP contribution in [-0.2, 0) is 6.42 Å². The van der Waals surface area contributed by atoms with Crippen LogP contribution in [0.4, 0.5) is 0 Å². The van der Waals surface area contributed by atoms with Gasteiger partial charge in [-0.2, -0.15) is 0 Å². The molecule has 3 aromatic rings. The normalized spacial score (nSPS) is 10.6. The third-order valence-electron chi connectivity index (χ3n) is 4.48. The molecular formula is C24H28N2O4. The van der Waals surface area contributed by atoms with Crippen LogP contribution in [0, 0.1) is 6.92 Å². The van der Waals surface area contributed by atoms with Gasteiger partial charge in [0.05, 0.1) is 18.9 Å². The molecule has 1 N–H and O–H groups in total. The quantitative estimate of drug-likeness (QED) is 0.521. The number of nitrogens with zero attached hydrogens (tertiary/aromatic N) is 1. The van der Waals surface area contributed by atoms with Crippen LogP contribution in [0.25, 0.3) is 11.5 Å². The fraction of sp³-hybridized carbons (Fsp3) is 0.333. The molecule has 1 heterocycles. The van der Waals surface area contributed by atoms with Gasteiger partial charge < -0.3 is 19.2 Å². The largest absolute Gasteiger partial charge is 0.490 e.